The lowest BCUT2D eigenvalue weighted by Crippen LogP contribution is -2.09. The maximum atomic E-state index is 13.5. The van der Waals surface area contributed by atoms with Crippen LogP contribution in [0.3, 0.4) is 0 Å². The van der Waals surface area contributed by atoms with Gasteiger partial charge in [-0.2, -0.15) is 13.2 Å². The molecule has 21 heavy (non-hydrogen) atoms. The summed E-state index contributed by atoms with van der Waals surface area (Å²) in [5, 5.41) is 10.5. The SMILES string of the molecule is OC(c1ccc(C(F)(F)F)c(F)c1)c1ccc(I)c(Cl)c1. The zero-order valence-electron chi connectivity index (χ0n) is 10.3. The van der Waals surface area contributed by atoms with E-state index in [2.05, 4.69) is 0 Å². The molecule has 0 aromatic heterocycles. The van der Waals surface area contributed by atoms with Gasteiger partial charge < -0.3 is 5.11 Å². The quantitative estimate of drug-likeness (QED) is 0.514. The van der Waals surface area contributed by atoms with Gasteiger partial charge in [-0.05, 0) is 58.0 Å². The highest BCUT2D eigenvalue weighted by Crippen LogP contribution is 2.34. The van der Waals surface area contributed by atoms with E-state index in [9.17, 15) is 22.7 Å². The van der Waals surface area contributed by atoms with Crippen LogP contribution in [-0.2, 0) is 6.18 Å². The first-order valence-electron chi connectivity index (χ1n) is 5.70. The molecule has 7 heteroatoms. The predicted octanol–water partition coefficient (Wildman–Crippen LogP) is 5.18. The van der Waals surface area contributed by atoms with Crippen LogP contribution in [0.25, 0.3) is 0 Å². The monoisotopic (exact) mass is 430 g/mol. The van der Waals surface area contributed by atoms with Gasteiger partial charge in [0.25, 0.3) is 0 Å². The number of rotatable bonds is 2. The summed E-state index contributed by atoms with van der Waals surface area (Å²) >= 11 is 7.92. The third-order valence-electron chi connectivity index (χ3n) is 2.87. The molecule has 0 aliphatic heterocycles. The first-order chi connectivity index (χ1) is 9.70. The Kier molecular flexibility index (Phi) is 4.79. The van der Waals surface area contributed by atoms with E-state index in [4.69, 9.17) is 11.6 Å². The van der Waals surface area contributed by atoms with Crippen LogP contribution in [0.1, 0.15) is 22.8 Å². The van der Waals surface area contributed by atoms with E-state index in [1.807, 2.05) is 22.6 Å². The first kappa shape index (κ1) is 16.5. The van der Waals surface area contributed by atoms with Crippen molar-refractivity contribution in [2.45, 2.75) is 12.3 Å². The zero-order chi connectivity index (χ0) is 15.8. The molecule has 112 valence electrons. The maximum Gasteiger partial charge on any atom is 0.419 e. The van der Waals surface area contributed by atoms with Gasteiger partial charge in [-0.15, -0.1) is 0 Å². The van der Waals surface area contributed by atoms with Crippen LogP contribution in [0.15, 0.2) is 36.4 Å². The molecular weight excluding hydrogens is 423 g/mol. The first-order valence-corrected chi connectivity index (χ1v) is 7.15. The third kappa shape index (κ3) is 3.67. The van der Waals surface area contributed by atoms with Crippen LogP contribution in [0.4, 0.5) is 17.6 Å². The van der Waals surface area contributed by atoms with Crippen LogP contribution in [0.5, 0.6) is 0 Å². The van der Waals surface area contributed by atoms with Gasteiger partial charge in [-0.3, -0.25) is 0 Å². The lowest BCUT2D eigenvalue weighted by molar-refractivity contribution is -0.140. The summed E-state index contributed by atoms with van der Waals surface area (Å²) in [7, 11) is 0. The van der Waals surface area contributed by atoms with Crippen molar-refractivity contribution in [3.63, 3.8) is 0 Å². The summed E-state index contributed by atoms with van der Waals surface area (Å²) in [5.41, 5.74) is -0.962. The summed E-state index contributed by atoms with van der Waals surface area (Å²) in [6.07, 6.45) is -6.02. The van der Waals surface area contributed by atoms with Crippen molar-refractivity contribution in [1.82, 2.24) is 0 Å². The summed E-state index contributed by atoms with van der Waals surface area (Å²) in [6, 6.07) is 7.06. The molecule has 0 bridgehead atoms. The van der Waals surface area contributed by atoms with Crippen LogP contribution in [-0.4, -0.2) is 5.11 Å². The van der Waals surface area contributed by atoms with Gasteiger partial charge in [0.15, 0.2) is 0 Å². The van der Waals surface area contributed by atoms with Gasteiger partial charge in [-0.1, -0.05) is 23.7 Å². The number of benzene rings is 2. The molecule has 0 heterocycles. The molecule has 0 aliphatic carbocycles. The number of halogens is 6. The maximum absolute atomic E-state index is 13.5. The summed E-state index contributed by atoms with van der Waals surface area (Å²) in [6.45, 7) is 0. The fourth-order valence-electron chi connectivity index (χ4n) is 1.81. The molecule has 0 saturated heterocycles. The normalized spacial score (nSPS) is 13.3. The minimum absolute atomic E-state index is 0.0257. The van der Waals surface area contributed by atoms with Gasteiger partial charge in [-0.25, -0.2) is 4.39 Å². The fourth-order valence-corrected chi connectivity index (χ4v) is 2.33. The Morgan fingerprint density at radius 2 is 1.62 bits per heavy atom. The van der Waals surface area contributed by atoms with E-state index in [-0.39, 0.29) is 5.56 Å². The number of hydrogen-bond acceptors (Lipinski definition) is 1. The molecule has 0 amide bonds. The molecule has 1 nitrogen and oxygen atoms in total. The fraction of sp³-hybridized carbons (Fsp3) is 0.143. The molecule has 0 aliphatic rings. The number of aliphatic hydroxyl groups excluding tert-OH is 1. The van der Waals surface area contributed by atoms with Crippen molar-refractivity contribution in [2.75, 3.05) is 0 Å². The second-order valence-electron chi connectivity index (χ2n) is 4.31. The Hall–Kier alpha value is -0.860. The van der Waals surface area contributed by atoms with Crippen molar-refractivity contribution < 1.29 is 22.7 Å². The van der Waals surface area contributed by atoms with Crippen molar-refractivity contribution in [1.29, 1.82) is 0 Å². The van der Waals surface area contributed by atoms with Gasteiger partial charge in [0.1, 0.15) is 11.9 Å². The molecule has 0 spiro atoms. The largest absolute Gasteiger partial charge is 0.419 e. The Labute approximate surface area is 136 Å². The molecule has 1 unspecified atom stereocenters. The number of alkyl halides is 3. The topological polar surface area (TPSA) is 20.2 Å². The molecule has 0 radical (unpaired) electrons. The molecule has 0 fully saturated rings. The van der Waals surface area contributed by atoms with E-state index in [1.54, 1.807) is 12.1 Å². The van der Waals surface area contributed by atoms with E-state index >= 15 is 0 Å². The Morgan fingerprint density at radius 1 is 1.05 bits per heavy atom. The highest BCUT2D eigenvalue weighted by atomic mass is 127. The Bertz CT molecular complexity index is 673. The van der Waals surface area contributed by atoms with Crippen LogP contribution in [0, 0.1) is 9.39 Å². The minimum Gasteiger partial charge on any atom is -0.384 e. The lowest BCUT2D eigenvalue weighted by Gasteiger charge is -2.14. The molecule has 1 N–H and O–H groups in total. The second-order valence-corrected chi connectivity index (χ2v) is 5.88. The average Bonchev–Trinajstić information content (AvgIpc) is 2.39. The standard InChI is InChI=1S/C14H8ClF4IO/c15-10-5-7(2-4-12(10)20)13(21)8-1-3-9(11(16)6-8)14(17,18)19/h1-6,13,21H. The summed E-state index contributed by atoms with van der Waals surface area (Å²) < 4.78 is 51.7. The van der Waals surface area contributed by atoms with E-state index in [0.717, 1.165) is 9.64 Å². The third-order valence-corrected chi connectivity index (χ3v) is 4.45. The van der Waals surface area contributed by atoms with Crippen molar-refractivity contribution in [3.8, 4) is 0 Å². The highest BCUT2D eigenvalue weighted by Gasteiger charge is 2.34. The Balaban J connectivity index is 2.38. The van der Waals surface area contributed by atoms with E-state index < -0.39 is 23.7 Å². The van der Waals surface area contributed by atoms with E-state index in [1.165, 1.54) is 6.07 Å². The molecule has 0 saturated carbocycles. The molecule has 2 aromatic rings. The zero-order valence-corrected chi connectivity index (χ0v) is 13.2. The summed E-state index contributed by atoms with van der Waals surface area (Å²) in [4.78, 5) is 0. The number of aliphatic hydroxyl groups is 1. The van der Waals surface area contributed by atoms with Gasteiger partial charge >= 0.3 is 6.18 Å². The average molecular weight is 431 g/mol. The van der Waals surface area contributed by atoms with Crippen molar-refractivity contribution >= 4 is 34.2 Å². The predicted molar refractivity (Wildman–Crippen MR) is 79.6 cm³/mol. The molecule has 1 atom stereocenters. The van der Waals surface area contributed by atoms with Crippen LogP contribution < -0.4 is 0 Å². The Morgan fingerprint density at radius 3 is 2.14 bits per heavy atom. The van der Waals surface area contributed by atoms with Gasteiger partial charge in [0.2, 0.25) is 0 Å². The van der Waals surface area contributed by atoms with Crippen molar-refractivity contribution in [3.05, 3.63) is 67.5 Å². The van der Waals surface area contributed by atoms with Crippen LogP contribution in [0.2, 0.25) is 5.02 Å². The van der Waals surface area contributed by atoms with Crippen LogP contribution >= 0.6 is 34.2 Å². The van der Waals surface area contributed by atoms with Gasteiger partial charge in [0, 0.05) is 3.57 Å². The molecule has 2 rings (SSSR count). The molecular formula is C14H8ClF4IO. The minimum atomic E-state index is -4.76. The van der Waals surface area contributed by atoms with Gasteiger partial charge in [0.05, 0.1) is 10.6 Å². The summed E-state index contributed by atoms with van der Waals surface area (Å²) in [5.74, 6) is -1.42. The highest BCUT2D eigenvalue weighted by molar-refractivity contribution is 14.1. The van der Waals surface area contributed by atoms with E-state index in [0.29, 0.717) is 22.7 Å². The number of hydrogen-bond donors (Lipinski definition) is 1. The van der Waals surface area contributed by atoms with Crippen molar-refractivity contribution in [2.24, 2.45) is 0 Å². The molecule has 2 aromatic carbocycles. The second kappa shape index (κ2) is 6.10. The lowest BCUT2D eigenvalue weighted by atomic mass is 10.00. The smallest absolute Gasteiger partial charge is 0.384 e.